The van der Waals surface area contributed by atoms with Gasteiger partial charge in [0.1, 0.15) is 5.00 Å². The van der Waals surface area contributed by atoms with E-state index in [2.05, 4.69) is 24.5 Å². The molecule has 0 bridgehead atoms. The van der Waals surface area contributed by atoms with Crippen LogP contribution < -0.4 is 10.6 Å². The zero-order valence-electron chi connectivity index (χ0n) is 16.6. The Morgan fingerprint density at radius 1 is 1.04 bits per heavy atom. The Bertz CT molecular complexity index is 756. The number of ether oxygens (including phenoxy) is 2. The molecule has 0 saturated carbocycles. The molecule has 28 heavy (non-hydrogen) atoms. The van der Waals surface area contributed by atoms with Crippen molar-refractivity contribution < 1.29 is 19.1 Å². The highest BCUT2D eigenvalue weighted by Gasteiger charge is 2.15. The minimum atomic E-state index is -0.224. The van der Waals surface area contributed by atoms with Crippen molar-refractivity contribution in [3.05, 3.63) is 52.4 Å². The summed E-state index contributed by atoms with van der Waals surface area (Å²) in [6.45, 7) is 6.39. The summed E-state index contributed by atoms with van der Waals surface area (Å²) in [5.74, 6) is -0.0166. The summed E-state index contributed by atoms with van der Waals surface area (Å²) in [5.41, 5.74) is 2.22. The first-order valence-electron chi connectivity index (χ1n) is 9.36. The Balaban J connectivity index is 1.85. The molecule has 0 aliphatic rings. The molecule has 0 fully saturated rings. The lowest BCUT2D eigenvalue weighted by Crippen LogP contribution is -2.26. The molecule has 6 nitrogen and oxygen atoms in total. The molecule has 0 atom stereocenters. The van der Waals surface area contributed by atoms with Crippen molar-refractivity contribution in [2.75, 3.05) is 38.8 Å². The number of carbonyl (C=O) groups excluding carboxylic acids is 2. The molecule has 1 aromatic carbocycles. The monoisotopic (exact) mass is 404 g/mol. The fraction of sp³-hybridized carbons (Fsp3) is 0.429. The molecular weight excluding hydrogens is 376 g/mol. The van der Waals surface area contributed by atoms with Crippen LogP contribution in [0.2, 0.25) is 0 Å². The van der Waals surface area contributed by atoms with Gasteiger partial charge in [0.25, 0.3) is 11.8 Å². The first kappa shape index (κ1) is 22.1. The molecule has 2 aromatic rings. The summed E-state index contributed by atoms with van der Waals surface area (Å²) in [4.78, 5) is 24.9. The van der Waals surface area contributed by atoms with Crippen LogP contribution >= 0.6 is 11.3 Å². The van der Waals surface area contributed by atoms with Gasteiger partial charge in [0, 0.05) is 25.8 Å². The number of hydrogen-bond donors (Lipinski definition) is 2. The molecule has 2 rings (SSSR count). The van der Waals surface area contributed by atoms with Crippen LogP contribution in [-0.4, -0.2) is 45.3 Å². The van der Waals surface area contributed by atoms with E-state index in [0.29, 0.717) is 54.8 Å². The van der Waals surface area contributed by atoms with E-state index in [4.69, 9.17) is 9.47 Å². The van der Waals surface area contributed by atoms with E-state index in [9.17, 15) is 9.59 Å². The molecule has 2 N–H and O–H groups in total. The van der Waals surface area contributed by atoms with Crippen LogP contribution in [0, 0.1) is 0 Å². The van der Waals surface area contributed by atoms with Gasteiger partial charge in [-0.3, -0.25) is 9.59 Å². The average molecular weight is 405 g/mol. The zero-order chi connectivity index (χ0) is 20.4. The number of anilines is 1. The van der Waals surface area contributed by atoms with Crippen molar-refractivity contribution in [3.8, 4) is 0 Å². The van der Waals surface area contributed by atoms with Crippen LogP contribution in [0.5, 0.6) is 0 Å². The largest absolute Gasteiger partial charge is 0.382 e. The lowest BCUT2D eigenvalue weighted by atomic mass is 10.0. The Hall–Kier alpha value is -2.22. The summed E-state index contributed by atoms with van der Waals surface area (Å²) >= 11 is 1.33. The van der Waals surface area contributed by atoms with Gasteiger partial charge < -0.3 is 20.1 Å². The quantitative estimate of drug-likeness (QED) is 0.557. The van der Waals surface area contributed by atoms with Gasteiger partial charge in [-0.1, -0.05) is 26.0 Å². The number of amides is 2. The van der Waals surface area contributed by atoms with E-state index in [1.807, 2.05) is 24.3 Å². The predicted molar refractivity (Wildman–Crippen MR) is 112 cm³/mol. The maximum Gasteiger partial charge on any atom is 0.256 e. The van der Waals surface area contributed by atoms with E-state index in [1.54, 1.807) is 18.6 Å². The topological polar surface area (TPSA) is 76.7 Å². The molecule has 1 heterocycles. The summed E-state index contributed by atoms with van der Waals surface area (Å²) < 4.78 is 10.3. The number of carbonyl (C=O) groups is 2. The lowest BCUT2D eigenvalue weighted by molar-refractivity contribution is 0.0688. The van der Waals surface area contributed by atoms with Crippen LogP contribution in [0.25, 0.3) is 0 Å². The molecule has 0 aliphatic carbocycles. The molecular formula is C21H28N2O4S. The van der Waals surface area contributed by atoms with E-state index in [-0.39, 0.29) is 11.8 Å². The van der Waals surface area contributed by atoms with Crippen molar-refractivity contribution in [1.82, 2.24) is 5.32 Å². The number of nitrogens with one attached hydrogen (secondary N) is 2. The van der Waals surface area contributed by atoms with Gasteiger partial charge in [-0.15, -0.1) is 11.3 Å². The smallest absolute Gasteiger partial charge is 0.256 e. The van der Waals surface area contributed by atoms with E-state index in [1.165, 1.54) is 16.9 Å². The van der Waals surface area contributed by atoms with Crippen LogP contribution in [0.3, 0.4) is 0 Å². The Morgan fingerprint density at radius 2 is 1.79 bits per heavy atom. The molecule has 0 unspecified atom stereocenters. The third-order valence-corrected chi connectivity index (χ3v) is 4.99. The Labute approximate surface area is 170 Å². The molecule has 0 saturated heterocycles. The number of thiophene rings is 1. The van der Waals surface area contributed by atoms with Crippen molar-refractivity contribution in [2.24, 2.45) is 0 Å². The van der Waals surface area contributed by atoms with Crippen molar-refractivity contribution in [1.29, 1.82) is 0 Å². The lowest BCUT2D eigenvalue weighted by Gasteiger charge is -2.09. The minimum Gasteiger partial charge on any atom is -0.382 e. The van der Waals surface area contributed by atoms with Crippen molar-refractivity contribution >= 4 is 28.2 Å². The molecule has 0 spiro atoms. The van der Waals surface area contributed by atoms with Crippen LogP contribution in [0.4, 0.5) is 5.00 Å². The highest BCUT2D eigenvalue weighted by Crippen LogP contribution is 2.24. The summed E-state index contributed by atoms with van der Waals surface area (Å²) in [6, 6.07) is 9.24. The van der Waals surface area contributed by atoms with Crippen molar-refractivity contribution in [2.45, 2.75) is 26.2 Å². The molecule has 0 radical (unpaired) electrons. The molecule has 7 heteroatoms. The number of hydrogen-bond acceptors (Lipinski definition) is 5. The van der Waals surface area contributed by atoms with Gasteiger partial charge in [0.15, 0.2) is 0 Å². The highest BCUT2D eigenvalue weighted by molar-refractivity contribution is 7.14. The summed E-state index contributed by atoms with van der Waals surface area (Å²) in [7, 11) is 1.63. The first-order chi connectivity index (χ1) is 13.5. The van der Waals surface area contributed by atoms with Gasteiger partial charge in [-0.05, 0) is 41.5 Å². The normalized spacial score (nSPS) is 10.9. The third kappa shape index (κ3) is 6.74. The number of benzene rings is 1. The molecule has 152 valence electrons. The number of methoxy groups -OCH3 is 1. The van der Waals surface area contributed by atoms with Gasteiger partial charge in [0.2, 0.25) is 0 Å². The van der Waals surface area contributed by atoms with E-state index in [0.717, 1.165) is 0 Å². The summed E-state index contributed by atoms with van der Waals surface area (Å²) in [6.07, 6.45) is 0.712. The maximum absolute atomic E-state index is 12.5. The average Bonchev–Trinajstić information content (AvgIpc) is 3.15. The second-order valence-electron chi connectivity index (χ2n) is 6.61. The van der Waals surface area contributed by atoms with Gasteiger partial charge in [-0.2, -0.15) is 0 Å². The number of rotatable bonds is 11. The summed E-state index contributed by atoms with van der Waals surface area (Å²) in [5, 5.41) is 8.04. The van der Waals surface area contributed by atoms with Crippen LogP contribution in [-0.2, 0) is 9.47 Å². The third-order valence-electron chi connectivity index (χ3n) is 4.16. The SMILES string of the molecule is COCCOCCCNC(=O)c1ccsc1NC(=O)c1ccc(C(C)C)cc1. The van der Waals surface area contributed by atoms with Gasteiger partial charge >= 0.3 is 0 Å². The van der Waals surface area contributed by atoms with Crippen molar-refractivity contribution in [3.63, 3.8) is 0 Å². The predicted octanol–water partition coefficient (Wildman–Crippen LogP) is 3.91. The molecule has 0 aliphatic heterocycles. The standard InChI is InChI=1S/C21H28N2O4S/c1-15(2)16-5-7-17(8-6-16)19(24)23-21-18(9-14-28-21)20(25)22-10-4-11-27-13-12-26-3/h5-9,14-15H,4,10-13H2,1-3H3,(H,22,25)(H,23,24). The van der Waals surface area contributed by atoms with Gasteiger partial charge in [0.05, 0.1) is 18.8 Å². The van der Waals surface area contributed by atoms with E-state index < -0.39 is 0 Å². The first-order valence-corrected chi connectivity index (χ1v) is 10.2. The zero-order valence-corrected chi connectivity index (χ0v) is 17.4. The van der Waals surface area contributed by atoms with Crippen LogP contribution in [0.1, 0.15) is 52.5 Å². The van der Waals surface area contributed by atoms with Crippen LogP contribution in [0.15, 0.2) is 35.7 Å². The second kappa shape index (κ2) is 11.6. The Morgan fingerprint density at radius 3 is 2.46 bits per heavy atom. The van der Waals surface area contributed by atoms with E-state index >= 15 is 0 Å². The second-order valence-corrected chi connectivity index (χ2v) is 7.52. The maximum atomic E-state index is 12.5. The fourth-order valence-electron chi connectivity index (χ4n) is 2.50. The molecule has 2 amide bonds. The molecule has 1 aromatic heterocycles. The van der Waals surface area contributed by atoms with Gasteiger partial charge in [-0.25, -0.2) is 0 Å². The fourth-order valence-corrected chi connectivity index (χ4v) is 3.27. The Kier molecular flexibility index (Phi) is 9.13. The minimum absolute atomic E-state index is 0.205. The highest BCUT2D eigenvalue weighted by atomic mass is 32.1.